The SMILES string of the molecule is CCC(CC)CC(=O)c1ccc(Cl)o1. The van der Waals surface area contributed by atoms with Crippen LogP contribution in [-0.4, -0.2) is 5.78 Å². The van der Waals surface area contributed by atoms with Gasteiger partial charge in [0, 0.05) is 6.42 Å². The van der Waals surface area contributed by atoms with Crippen molar-refractivity contribution in [3.63, 3.8) is 0 Å². The summed E-state index contributed by atoms with van der Waals surface area (Å²) in [6, 6.07) is 3.23. The molecular weight excluding hydrogens is 200 g/mol. The van der Waals surface area contributed by atoms with Gasteiger partial charge in [-0.15, -0.1) is 0 Å². The van der Waals surface area contributed by atoms with Gasteiger partial charge in [-0.1, -0.05) is 26.7 Å². The zero-order valence-corrected chi connectivity index (χ0v) is 9.30. The molecule has 0 amide bonds. The molecule has 0 aliphatic rings. The van der Waals surface area contributed by atoms with Crippen molar-refractivity contribution in [3.8, 4) is 0 Å². The third-order valence-corrected chi connectivity index (χ3v) is 2.68. The fraction of sp³-hybridized carbons (Fsp3) is 0.545. The fourth-order valence-corrected chi connectivity index (χ4v) is 1.55. The Labute approximate surface area is 89.2 Å². The number of furan rings is 1. The third-order valence-electron chi connectivity index (χ3n) is 2.48. The Morgan fingerprint density at radius 3 is 2.50 bits per heavy atom. The van der Waals surface area contributed by atoms with E-state index in [1.807, 2.05) is 0 Å². The summed E-state index contributed by atoms with van der Waals surface area (Å²) < 4.78 is 5.05. The molecule has 0 saturated heterocycles. The highest BCUT2D eigenvalue weighted by Crippen LogP contribution is 2.19. The lowest BCUT2D eigenvalue weighted by atomic mass is 9.96. The van der Waals surface area contributed by atoms with Crippen LogP contribution in [0.3, 0.4) is 0 Å². The largest absolute Gasteiger partial charge is 0.442 e. The van der Waals surface area contributed by atoms with Gasteiger partial charge in [-0.3, -0.25) is 4.79 Å². The maximum absolute atomic E-state index is 11.6. The summed E-state index contributed by atoms with van der Waals surface area (Å²) in [5, 5.41) is 0.276. The third kappa shape index (κ3) is 2.88. The van der Waals surface area contributed by atoms with E-state index in [1.54, 1.807) is 12.1 Å². The molecule has 0 bridgehead atoms. The average molecular weight is 215 g/mol. The fourth-order valence-electron chi connectivity index (χ4n) is 1.40. The average Bonchev–Trinajstić information content (AvgIpc) is 2.61. The Balaban J connectivity index is 2.58. The minimum atomic E-state index is 0.0469. The molecular formula is C11H15ClO2. The Kier molecular flexibility index (Phi) is 4.21. The van der Waals surface area contributed by atoms with Gasteiger partial charge < -0.3 is 4.42 Å². The molecule has 0 unspecified atom stereocenters. The smallest absolute Gasteiger partial charge is 0.198 e. The van der Waals surface area contributed by atoms with Crippen molar-refractivity contribution in [1.82, 2.24) is 0 Å². The van der Waals surface area contributed by atoms with Crippen molar-refractivity contribution in [2.45, 2.75) is 33.1 Å². The van der Waals surface area contributed by atoms with Crippen molar-refractivity contribution in [2.24, 2.45) is 5.92 Å². The van der Waals surface area contributed by atoms with E-state index in [0.717, 1.165) is 12.8 Å². The second kappa shape index (κ2) is 5.20. The summed E-state index contributed by atoms with van der Waals surface area (Å²) >= 11 is 5.59. The number of ketones is 1. The zero-order chi connectivity index (χ0) is 10.6. The van der Waals surface area contributed by atoms with Crippen molar-refractivity contribution >= 4 is 17.4 Å². The van der Waals surface area contributed by atoms with E-state index in [-0.39, 0.29) is 11.0 Å². The summed E-state index contributed by atoms with van der Waals surface area (Å²) in [5.74, 6) is 0.874. The van der Waals surface area contributed by atoms with Gasteiger partial charge in [0.15, 0.2) is 16.8 Å². The van der Waals surface area contributed by atoms with Crippen LogP contribution in [0.5, 0.6) is 0 Å². The minimum Gasteiger partial charge on any atom is -0.442 e. The highest BCUT2D eigenvalue weighted by Gasteiger charge is 2.15. The standard InChI is InChI=1S/C11H15ClO2/c1-3-8(4-2)7-9(13)10-5-6-11(12)14-10/h5-6,8H,3-4,7H2,1-2H3. The normalized spacial score (nSPS) is 10.9. The number of hydrogen-bond donors (Lipinski definition) is 0. The first kappa shape index (κ1) is 11.3. The molecule has 1 rings (SSSR count). The maximum atomic E-state index is 11.6. The van der Waals surface area contributed by atoms with E-state index in [2.05, 4.69) is 13.8 Å². The second-order valence-electron chi connectivity index (χ2n) is 3.41. The Hall–Kier alpha value is -0.760. The van der Waals surface area contributed by atoms with Crippen molar-refractivity contribution in [3.05, 3.63) is 23.1 Å². The molecule has 1 aromatic rings. The van der Waals surface area contributed by atoms with Crippen LogP contribution in [0.4, 0.5) is 0 Å². The predicted octanol–water partition coefficient (Wildman–Crippen LogP) is 3.94. The molecule has 0 aromatic carbocycles. The summed E-state index contributed by atoms with van der Waals surface area (Å²) in [6.07, 6.45) is 2.60. The van der Waals surface area contributed by atoms with Gasteiger partial charge in [-0.25, -0.2) is 0 Å². The number of hydrogen-bond acceptors (Lipinski definition) is 2. The molecule has 0 atom stereocenters. The van der Waals surface area contributed by atoms with Crippen molar-refractivity contribution in [1.29, 1.82) is 0 Å². The van der Waals surface area contributed by atoms with Gasteiger partial charge in [0.2, 0.25) is 0 Å². The first-order valence-electron chi connectivity index (χ1n) is 4.95. The van der Waals surface area contributed by atoms with E-state index < -0.39 is 0 Å². The van der Waals surface area contributed by atoms with Gasteiger partial charge >= 0.3 is 0 Å². The quantitative estimate of drug-likeness (QED) is 0.695. The van der Waals surface area contributed by atoms with Crippen LogP contribution in [0.1, 0.15) is 43.7 Å². The van der Waals surface area contributed by atoms with E-state index in [1.165, 1.54) is 0 Å². The van der Waals surface area contributed by atoms with Crippen molar-refractivity contribution in [2.75, 3.05) is 0 Å². The number of Topliss-reactive ketones (excluding diaryl/α,β-unsaturated/α-hetero) is 1. The van der Waals surface area contributed by atoms with E-state index in [0.29, 0.717) is 18.1 Å². The Morgan fingerprint density at radius 1 is 1.43 bits per heavy atom. The van der Waals surface area contributed by atoms with Crippen LogP contribution in [0.25, 0.3) is 0 Å². The first-order chi connectivity index (χ1) is 6.67. The van der Waals surface area contributed by atoms with Crippen LogP contribution in [0.15, 0.2) is 16.5 Å². The molecule has 0 N–H and O–H groups in total. The number of halogens is 1. The first-order valence-corrected chi connectivity index (χ1v) is 5.33. The number of rotatable bonds is 5. The van der Waals surface area contributed by atoms with Crippen LogP contribution >= 0.6 is 11.6 Å². The van der Waals surface area contributed by atoms with Crippen molar-refractivity contribution < 1.29 is 9.21 Å². The molecule has 0 spiro atoms. The summed E-state index contributed by atoms with van der Waals surface area (Å²) in [7, 11) is 0. The van der Waals surface area contributed by atoms with E-state index in [4.69, 9.17) is 16.0 Å². The summed E-state index contributed by atoms with van der Waals surface area (Å²) in [6.45, 7) is 4.19. The highest BCUT2D eigenvalue weighted by molar-refractivity contribution is 6.29. The lowest BCUT2D eigenvalue weighted by molar-refractivity contribution is 0.0931. The van der Waals surface area contributed by atoms with E-state index >= 15 is 0 Å². The topological polar surface area (TPSA) is 30.2 Å². The number of carbonyl (C=O) groups excluding carboxylic acids is 1. The number of carbonyl (C=O) groups is 1. The molecule has 0 saturated carbocycles. The molecule has 0 aliphatic heterocycles. The van der Waals surface area contributed by atoms with Gasteiger partial charge in [-0.2, -0.15) is 0 Å². The molecule has 78 valence electrons. The van der Waals surface area contributed by atoms with E-state index in [9.17, 15) is 4.79 Å². The molecule has 0 radical (unpaired) electrons. The van der Waals surface area contributed by atoms with Crippen LogP contribution in [-0.2, 0) is 0 Å². The van der Waals surface area contributed by atoms with Gasteiger partial charge in [0.05, 0.1) is 0 Å². The lowest BCUT2D eigenvalue weighted by Gasteiger charge is -2.08. The highest BCUT2D eigenvalue weighted by atomic mass is 35.5. The van der Waals surface area contributed by atoms with Gasteiger partial charge in [0.25, 0.3) is 0 Å². The monoisotopic (exact) mass is 214 g/mol. The molecule has 2 nitrogen and oxygen atoms in total. The lowest BCUT2D eigenvalue weighted by Crippen LogP contribution is -2.06. The summed E-state index contributed by atoms with van der Waals surface area (Å²) in [5.41, 5.74) is 0. The van der Waals surface area contributed by atoms with Crippen LogP contribution < -0.4 is 0 Å². The molecule has 0 aliphatic carbocycles. The minimum absolute atomic E-state index is 0.0469. The second-order valence-corrected chi connectivity index (χ2v) is 3.79. The molecule has 1 aromatic heterocycles. The van der Waals surface area contributed by atoms with Gasteiger partial charge in [0.1, 0.15) is 0 Å². The Morgan fingerprint density at radius 2 is 2.07 bits per heavy atom. The predicted molar refractivity (Wildman–Crippen MR) is 56.7 cm³/mol. The van der Waals surface area contributed by atoms with Gasteiger partial charge in [-0.05, 0) is 29.7 Å². The molecule has 14 heavy (non-hydrogen) atoms. The maximum Gasteiger partial charge on any atom is 0.198 e. The molecule has 1 heterocycles. The Bertz CT molecular complexity index is 300. The molecule has 3 heteroatoms. The molecule has 0 fully saturated rings. The van der Waals surface area contributed by atoms with Crippen LogP contribution in [0.2, 0.25) is 5.22 Å². The zero-order valence-electron chi connectivity index (χ0n) is 8.55. The van der Waals surface area contributed by atoms with Crippen LogP contribution in [0, 0.1) is 5.92 Å². The summed E-state index contributed by atoms with van der Waals surface area (Å²) in [4.78, 5) is 11.6.